The first kappa shape index (κ1) is 89.1. The summed E-state index contributed by atoms with van der Waals surface area (Å²) in [6, 6.07) is 10.9. The number of allylic oxidation sites excluding steroid dienone is 10. The van der Waals surface area contributed by atoms with Crippen LogP contribution < -0.4 is 0 Å². The van der Waals surface area contributed by atoms with Gasteiger partial charge in [-0.15, -0.1) is 5.10 Å². The van der Waals surface area contributed by atoms with Crippen molar-refractivity contribution < 1.29 is 0 Å². The highest BCUT2D eigenvalue weighted by molar-refractivity contribution is 5.27. The van der Waals surface area contributed by atoms with Gasteiger partial charge < -0.3 is 0 Å². The van der Waals surface area contributed by atoms with Gasteiger partial charge in [0.05, 0.1) is 6.20 Å². The number of benzene rings is 1. The van der Waals surface area contributed by atoms with E-state index in [0.717, 1.165) is 77.4 Å². The molecule has 0 radical (unpaired) electrons. The van der Waals surface area contributed by atoms with Gasteiger partial charge in [-0.1, -0.05) is 371 Å². The van der Waals surface area contributed by atoms with E-state index in [2.05, 4.69) is 216 Å². The van der Waals surface area contributed by atoms with Crippen LogP contribution in [0.3, 0.4) is 0 Å². The molecule has 1 aromatic carbocycles. The van der Waals surface area contributed by atoms with E-state index in [9.17, 15) is 0 Å². The van der Waals surface area contributed by atoms with Crippen LogP contribution in [0.2, 0.25) is 0 Å². The van der Waals surface area contributed by atoms with Crippen LogP contribution in [-0.4, -0.2) is 15.0 Å². The molecule has 90 heavy (non-hydrogen) atoms. The molecule has 11 rings (SSSR count). The molecule has 0 aliphatic heterocycles. The van der Waals surface area contributed by atoms with E-state index in [-0.39, 0.29) is 0 Å². The summed E-state index contributed by atoms with van der Waals surface area (Å²) in [5, 5.41) is 7.44. The van der Waals surface area contributed by atoms with Crippen molar-refractivity contribution in [3.63, 3.8) is 0 Å². The second-order valence-electron chi connectivity index (χ2n) is 30.3. The average molecular weight is 1250 g/mol. The van der Waals surface area contributed by atoms with E-state index in [1.54, 1.807) is 34.9 Å². The number of fused-ring (bicyclic) bond motifs is 1. The first-order valence-corrected chi connectivity index (χ1v) is 39.4. The minimum Gasteiger partial charge on any atom is -0.250 e. The van der Waals surface area contributed by atoms with Crippen LogP contribution in [0.25, 0.3) is 0 Å². The minimum atomic E-state index is 0.428. The summed E-state index contributed by atoms with van der Waals surface area (Å²) in [7, 11) is 0. The lowest BCUT2D eigenvalue weighted by molar-refractivity contribution is 0.235. The Kier molecular flexibility index (Phi) is 55.9. The number of rotatable bonds is 10. The lowest BCUT2D eigenvalue weighted by Gasteiger charge is -2.28. The lowest BCUT2D eigenvalue weighted by atomic mass is 9.78. The van der Waals surface area contributed by atoms with Gasteiger partial charge in [-0.2, -0.15) is 0 Å². The molecular weight excluding hydrogens is 1090 g/mol. The van der Waals surface area contributed by atoms with Gasteiger partial charge in [-0.25, -0.2) is 0 Å². The van der Waals surface area contributed by atoms with Crippen molar-refractivity contribution in [2.24, 2.45) is 88.8 Å². The van der Waals surface area contributed by atoms with Crippen LogP contribution in [0.5, 0.6) is 0 Å². The molecule has 3 heteroatoms. The number of nitrogens with zero attached hydrogens (tertiary/aromatic N) is 3. The molecule has 0 bridgehead atoms. The summed E-state index contributed by atoms with van der Waals surface area (Å²) in [6.07, 6.45) is 57.1. The Hall–Kier alpha value is -2.94. The summed E-state index contributed by atoms with van der Waals surface area (Å²) in [6.45, 7) is 57.5. The number of aromatic nitrogens is 3. The molecule has 1 aromatic heterocycles. The summed E-state index contributed by atoms with van der Waals surface area (Å²) in [5.41, 5.74) is 6.15. The zero-order valence-corrected chi connectivity index (χ0v) is 65.6. The largest absolute Gasteiger partial charge is 0.250 e. The van der Waals surface area contributed by atoms with Crippen LogP contribution in [0, 0.1) is 88.8 Å². The Balaban J connectivity index is 0. The van der Waals surface area contributed by atoms with Gasteiger partial charge in [0.25, 0.3) is 0 Å². The molecule has 0 N–H and O–H groups in total. The van der Waals surface area contributed by atoms with Crippen molar-refractivity contribution in [2.75, 3.05) is 0 Å². The van der Waals surface area contributed by atoms with E-state index in [4.69, 9.17) is 0 Å². The lowest BCUT2D eigenvalue weighted by Crippen LogP contribution is -2.16. The first-order chi connectivity index (χ1) is 43.0. The third-order valence-electron chi connectivity index (χ3n) is 20.4. The third kappa shape index (κ3) is 42.4. The highest BCUT2D eigenvalue weighted by atomic mass is 15.4. The molecule has 0 amide bonds. The predicted octanol–water partition coefficient (Wildman–Crippen LogP) is 29.4. The maximum absolute atomic E-state index is 3.78. The van der Waals surface area contributed by atoms with Crippen molar-refractivity contribution in [3.8, 4) is 0 Å². The van der Waals surface area contributed by atoms with Crippen molar-refractivity contribution >= 4 is 0 Å². The maximum atomic E-state index is 3.78. The van der Waals surface area contributed by atoms with Gasteiger partial charge in [0.1, 0.15) is 0 Å². The summed E-state index contributed by atoms with van der Waals surface area (Å²) in [5.74, 6) is 15.4. The second kappa shape index (κ2) is 56.4. The molecule has 0 spiro atoms. The van der Waals surface area contributed by atoms with E-state index in [0.29, 0.717) is 17.9 Å². The Morgan fingerprint density at radius 3 is 1.06 bits per heavy atom. The standard InChI is InChI=1S/C9H16.2C9H18.C9H16.C9H12.C8H16.2C8H12.C7H14.C5H9N3.3C2H6/c1-6(2)9-7-4-3-5-8(7)9;4*1-8(2)9-6-4-3-5-7-9;3*1-7(2)8-5-3-4-6-8;1-6(2)7-4-3-5-7;1-5(2)8-4-3-6-7-8;3*1-2/h6-9H,3-5H2,1-2H3;2*8-9H,3-7H2,1-2H3;6,8H,3-5,7H2,1-2H3;3-8H,1-2H3;7-8H,3-6H2,1-2H3;3,5-7H,4H2,1-2H3;3-5,7H,6H2,1-2H3;6-7H,3-5H2,1-2H3;3-5H,1-2H3;3*1-2H3. The molecule has 9 aliphatic carbocycles. The number of hydrogen-bond acceptors (Lipinski definition) is 2. The monoisotopic (exact) mass is 1250 g/mol. The van der Waals surface area contributed by atoms with Gasteiger partial charge in [0.2, 0.25) is 0 Å². The van der Waals surface area contributed by atoms with Gasteiger partial charge in [0.15, 0.2) is 0 Å². The molecule has 1 heterocycles. The van der Waals surface area contributed by atoms with Crippen LogP contribution in [0.15, 0.2) is 102 Å². The van der Waals surface area contributed by atoms with E-state index >= 15 is 0 Å². The second-order valence-corrected chi connectivity index (χ2v) is 30.3. The predicted molar refractivity (Wildman–Crippen MR) is 411 cm³/mol. The van der Waals surface area contributed by atoms with Gasteiger partial charge in [-0.3, -0.25) is 4.68 Å². The maximum Gasteiger partial charge on any atom is 0.0693 e. The van der Waals surface area contributed by atoms with Crippen LogP contribution in [0.4, 0.5) is 0 Å². The normalized spacial score (nSPS) is 20.4. The third-order valence-corrected chi connectivity index (χ3v) is 20.4. The topological polar surface area (TPSA) is 30.7 Å². The number of hydrogen-bond donors (Lipinski definition) is 0. The Morgan fingerprint density at radius 2 is 0.844 bits per heavy atom. The zero-order chi connectivity index (χ0) is 68.4. The molecule has 9 aliphatic rings. The Morgan fingerprint density at radius 1 is 0.411 bits per heavy atom. The van der Waals surface area contributed by atoms with E-state index in [1.807, 2.05) is 53.8 Å². The van der Waals surface area contributed by atoms with Gasteiger partial charge in [0, 0.05) is 12.2 Å². The van der Waals surface area contributed by atoms with E-state index in [1.165, 1.54) is 171 Å². The SMILES string of the molecule is CC.CC.CC.CC(C)C1=CC=CC1.CC(C)C1=CCC=C1.CC(C)C1=CCCCC1.CC(C)C1C2CCCC21.CC(C)C1CCC1.CC(C)C1CCCC1.CC(C)C1CCCCC1.CC(C)C1CCCCC1.CC(C)c1ccccc1.CC(C)n1ccnn1. The smallest absolute Gasteiger partial charge is 0.0693 e. The quantitative estimate of drug-likeness (QED) is 0.222. The fourth-order valence-corrected chi connectivity index (χ4v) is 13.7. The molecule has 6 fully saturated rings. The fourth-order valence-electron chi connectivity index (χ4n) is 13.7. The molecular formula is C87H161N3. The summed E-state index contributed by atoms with van der Waals surface area (Å²) >= 11 is 0. The van der Waals surface area contributed by atoms with Crippen molar-refractivity contribution in [3.05, 3.63) is 108 Å². The average Bonchev–Trinajstić information content (AvgIpc) is 1.66. The highest BCUT2D eigenvalue weighted by Crippen LogP contribution is 2.60. The van der Waals surface area contributed by atoms with Crippen molar-refractivity contribution in [1.29, 1.82) is 0 Å². The van der Waals surface area contributed by atoms with Crippen molar-refractivity contribution in [1.82, 2.24) is 15.0 Å². The molecule has 3 nitrogen and oxygen atoms in total. The molecule has 2 atom stereocenters. The first-order valence-electron chi connectivity index (χ1n) is 39.4. The molecule has 2 aromatic rings. The van der Waals surface area contributed by atoms with Gasteiger partial charge >= 0.3 is 0 Å². The van der Waals surface area contributed by atoms with Crippen molar-refractivity contribution in [2.45, 2.75) is 359 Å². The Bertz CT molecular complexity index is 1950. The molecule has 524 valence electrons. The molecule has 6 saturated carbocycles. The molecule has 2 unspecified atom stereocenters. The zero-order valence-electron chi connectivity index (χ0n) is 65.6. The molecule has 0 saturated heterocycles. The van der Waals surface area contributed by atoms with Gasteiger partial charge in [-0.05, 0) is 171 Å². The van der Waals surface area contributed by atoms with Crippen LogP contribution in [0.1, 0.15) is 364 Å². The van der Waals surface area contributed by atoms with Crippen LogP contribution in [-0.2, 0) is 0 Å². The minimum absolute atomic E-state index is 0.428. The van der Waals surface area contributed by atoms with Crippen LogP contribution >= 0.6 is 0 Å². The fraction of sp³-hybridized carbons (Fsp3) is 0.793. The summed E-state index contributed by atoms with van der Waals surface area (Å²) < 4.78 is 1.81. The Labute approximate surface area is 567 Å². The summed E-state index contributed by atoms with van der Waals surface area (Å²) in [4.78, 5) is 0. The van der Waals surface area contributed by atoms with E-state index < -0.39 is 0 Å². The highest BCUT2D eigenvalue weighted by Gasteiger charge is 2.53.